The van der Waals surface area contributed by atoms with Gasteiger partial charge in [-0.05, 0) is 43.5 Å². The molecule has 1 fully saturated rings. The zero-order valence-corrected chi connectivity index (χ0v) is 13.3. The molecule has 1 aromatic carbocycles. The maximum atomic E-state index is 13.9. The summed E-state index contributed by atoms with van der Waals surface area (Å²) in [5.41, 5.74) is 1.10. The van der Waals surface area contributed by atoms with Crippen molar-refractivity contribution < 1.29 is 9.18 Å². The Morgan fingerprint density at radius 3 is 3.04 bits per heavy atom. The maximum absolute atomic E-state index is 13.9. The molecule has 1 N–H and O–H groups in total. The van der Waals surface area contributed by atoms with Crippen molar-refractivity contribution in [3.8, 4) is 0 Å². The van der Waals surface area contributed by atoms with Gasteiger partial charge in [0.05, 0.1) is 12.6 Å². The van der Waals surface area contributed by atoms with Gasteiger partial charge in [-0.15, -0.1) is 0 Å². The molecule has 0 unspecified atom stereocenters. The molecule has 3 aromatic rings. The number of amides is 1. The molecule has 0 saturated carbocycles. The highest BCUT2D eigenvalue weighted by atomic mass is 19.1. The first-order chi connectivity index (χ1) is 11.7. The average Bonchev–Trinajstić information content (AvgIpc) is 3.25. The smallest absolute Gasteiger partial charge is 0.270 e. The topological polar surface area (TPSA) is 53.9 Å². The van der Waals surface area contributed by atoms with Crippen LogP contribution in [-0.4, -0.2) is 38.2 Å². The van der Waals surface area contributed by atoms with Gasteiger partial charge in [0.15, 0.2) is 0 Å². The van der Waals surface area contributed by atoms with Crippen LogP contribution in [0.3, 0.4) is 0 Å². The van der Waals surface area contributed by atoms with E-state index in [1.165, 1.54) is 6.07 Å². The Kier molecular flexibility index (Phi) is 3.80. The van der Waals surface area contributed by atoms with Crippen molar-refractivity contribution in [3.05, 3.63) is 54.2 Å². The van der Waals surface area contributed by atoms with Crippen molar-refractivity contribution in [1.29, 1.82) is 0 Å². The SMILES string of the molecule is O=C(c1cc2c(F)cccc2[nH]1)N1CCCC[C@@H]1Cn1cccn1. The Labute approximate surface area is 139 Å². The van der Waals surface area contributed by atoms with E-state index in [1.54, 1.807) is 24.4 Å². The van der Waals surface area contributed by atoms with Crippen molar-refractivity contribution >= 4 is 16.8 Å². The third-order valence-corrected chi connectivity index (χ3v) is 4.69. The number of likely N-dealkylation sites (tertiary alicyclic amines) is 1. The van der Waals surface area contributed by atoms with Crippen LogP contribution < -0.4 is 0 Å². The van der Waals surface area contributed by atoms with E-state index in [0.29, 0.717) is 23.1 Å². The zero-order chi connectivity index (χ0) is 16.5. The van der Waals surface area contributed by atoms with Crippen LogP contribution in [0.15, 0.2) is 42.7 Å². The number of aromatic amines is 1. The summed E-state index contributed by atoms with van der Waals surface area (Å²) in [5.74, 6) is -0.378. The first-order valence-electron chi connectivity index (χ1n) is 8.28. The number of halogens is 1. The van der Waals surface area contributed by atoms with Gasteiger partial charge >= 0.3 is 0 Å². The van der Waals surface area contributed by atoms with Crippen LogP contribution in [-0.2, 0) is 6.54 Å². The lowest BCUT2D eigenvalue weighted by atomic mass is 10.0. The van der Waals surface area contributed by atoms with Crippen molar-refractivity contribution in [2.45, 2.75) is 31.8 Å². The number of H-pyrrole nitrogens is 1. The maximum Gasteiger partial charge on any atom is 0.270 e. The predicted octanol–water partition coefficient (Wildman–Crippen LogP) is 3.20. The molecule has 1 aliphatic heterocycles. The van der Waals surface area contributed by atoms with Crippen molar-refractivity contribution in [1.82, 2.24) is 19.7 Å². The van der Waals surface area contributed by atoms with Crippen LogP contribution in [0.5, 0.6) is 0 Å². The van der Waals surface area contributed by atoms with Crippen molar-refractivity contribution in [3.63, 3.8) is 0 Å². The molecule has 4 rings (SSSR count). The molecular formula is C18H19FN4O. The lowest BCUT2D eigenvalue weighted by Gasteiger charge is -2.35. The first-order valence-corrected chi connectivity index (χ1v) is 8.28. The molecule has 124 valence electrons. The number of hydrogen-bond donors (Lipinski definition) is 1. The molecule has 1 amide bonds. The van der Waals surface area contributed by atoms with Crippen molar-refractivity contribution in [2.24, 2.45) is 0 Å². The van der Waals surface area contributed by atoms with Gasteiger partial charge in [0, 0.05) is 29.8 Å². The fourth-order valence-electron chi connectivity index (χ4n) is 3.47. The number of aromatic nitrogens is 3. The highest BCUT2D eigenvalue weighted by Gasteiger charge is 2.29. The quantitative estimate of drug-likeness (QED) is 0.803. The lowest BCUT2D eigenvalue weighted by molar-refractivity contribution is 0.0579. The number of benzene rings is 1. The number of piperidine rings is 1. The first kappa shape index (κ1) is 14.9. The fraction of sp³-hybridized carbons (Fsp3) is 0.333. The van der Waals surface area contributed by atoms with Crippen LogP contribution >= 0.6 is 0 Å². The Hall–Kier alpha value is -2.63. The summed E-state index contributed by atoms with van der Waals surface area (Å²) < 4.78 is 15.7. The minimum atomic E-state index is -0.311. The molecule has 3 heterocycles. The number of hydrogen-bond acceptors (Lipinski definition) is 2. The van der Waals surface area contributed by atoms with Crippen LogP contribution in [0.2, 0.25) is 0 Å². The average molecular weight is 326 g/mol. The summed E-state index contributed by atoms with van der Waals surface area (Å²) in [6, 6.07) is 8.45. The molecule has 0 aliphatic carbocycles. The molecule has 5 nitrogen and oxygen atoms in total. The van der Waals surface area contributed by atoms with E-state index in [9.17, 15) is 9.18 Å². The lowest BCUT2D eigenvalue weighted by Crippen LogP contribution is -2.46. The van der Waals surface area contributed by atoms with Gasteiger partial charge in [0.2, 0.25) is 0 Å². The molecule has 2 aromatic heterocycles. The number of nitrogens with zero attached hydrogens (tertiary/aromatic N) is 3. The summed E-state index contributed by atoms with van der Waals surface area (Å²) in [7, 11) is 0. The van der Waals surface area contributed by atoms with Crippen LogP contribution in [0.4, 0.5) is 4.39 Å². The fourth-order valence-corrected chi connectivity index (χ4v) is 3.47. The van der Waals surface area contributed by atoms with Crippen molar-refractivity contribution in [2.75, 3.05) is 6.54 Å². The number of carbonyl (C=O) groups is 1. The van der Waals surface area contributed by atoms with Gasteiger partial charge in [-0.2, -0.15) is 5.10 Å². The summed E-state index contributed by atoms with van der Waals surface area (Å²) in [6.07, 6.45) is 6.72. The van der Waals surface area contributed by atoms with E-state index < -0.39 is 0 Å². The van der Waals surface area contributed by atoms with E-state index in [-0.39, 0.29) is 17.8 Å². The normalized spacial score (nSPS) is 18.2. The Balaban J connectivity index is 1.61. The van der Waals surface area contributed by atoms with Crippen LogP contribution in [0.25, 0.3) is 10.9 Å². The van der Waals surface area contributed by atoms with Gasteiger partial charge in [0.1, 0.15) is 11.5 Å². The minimum Gasteiger partial charge on any atom is -0.350 e. The van der Waals surface area contributed by atoms with E-state index in [0.717, 1.165) is 25.8 Å². The Morgan fingerprint density at radius 1 is 1.33 bits per heavy atom. The Morgan fingerprint density at radius 2 is 2.25 bits per heavy atom. The van der Waals surface area contributed by atoms with E-state index in [1.807, 2.05) is 21.8 Å². The Bertz CT molecular complexity index is 855. The number of rotatable bonds is 3. The number of fused-ring (bicyclic) bond motifs is 1. The molecular weight excluding hydrogens is 307 g/mol. The molecule has 0 bridgehead atoms. The molecule has 1 atom stereocenters. The second kappa shape index (κ2) is 6.11. The second-order valence-corrected chi connectivity index (χ2v) is 6.26. The zero-order valence-electron chi connectivity index (χ0n) is 13.3. The molecule has 0 spiro atoms. The van der Waals surface area contributed by atoms with E-state index in [4.69, 9.17) is 0 Å². The predicted molar refractivity (Wildman–Crippen MR) is 89.2 cm³/mol. The number of nitrogens with one attached hydrogen (secondary N) is 1. The van der Waals surface area contributed by atoms with Gasteiger partial charge < -0.3 is 9.88 Å². The molecule has 6 heteroatoms. The van der Waals surface area contributed by atoms with Gasteiger partial charge in [-0.3, -0.25) is 9.48 Å². The monoisotopic (exact) mass is 326 g/mol. The van der Waals surface area contributed by atoms with Crippen LogP contribution in [0.1, 0.15) is 29.8 Å². The third-order valence-electron chi connectivity index (χ3n) is 4.69. The summed E-state index contributed by atoms with van der Waals surface area (Å²) in [5, 5.41) is 4.70. The minimum absolute atomic E-state index is 0.0672. The molecule has 24 heavy (non-hydrogen) atoms. The second-order valence-electron chi connectivity index (χ2n) is 6.26. The van der Waals surface area contributed by atoms with E-state index in [2.05, 4.69) is 10.1 Å². The van der Waals surface area contributed by atoms with Crippen LogP contribution in [0, 0.1) is 5.82 Å². The van der Waals surface area contributed by atoms with Gasteiger partial charge in [-0.25, -0.2) is 4.39 Å². The molecule has 1 saturated heterocycles. The number of carbonyl (C=O) groups excluding carboxylic acids is 1. The largest absolute Gasteiger partial charge is 0.350 e. The summed E-state index contributed by atoms with van der Waals surface area (Å²) in [6.45, 7) is 1.41. The summed E-state index contributed by atoms with van der Waals surface area (Å²) >= 11 is 0. The van der Waals surface area contributed by atoms with Gasteiger partial charge in [0.25, 0.3) is 5.91 Å². The molecule has 1 aliphatic rings. The third kappa shape index (κ3) is 2.68. The van der Waals surface area contributed by atoms with E-state index >= 15 is 0 Å². The standard InChI is InChI=1S/C18H19FN4O/c19-15-6-3-7-16-14(15)11-17(21-16)18(24)23-10-2-1-5-13(23)12-22-9-4-8-20-22/h3-4,6-9,11,13,21H,1-2,5,10,12H2/t13-/m1/s1. The summed E-state index contributed by atoms with van der Waals surface area (Å²) in [4.78, 5) is 17.9. The highest BCUT2D eigenvalue weighted by Crippen LogP contribution is 2.24. The highest BCUT2D eigenvalue weighted by molar-refractivity contribution is 5.98. The van der Waals surface area contributed by atoms with Gasteiger partial charge in [-0.1, -0.05) is 6.07 Å². The molecule has 0 radical (unpaired) electrons.